The maximum Gasteiger partial charge on any atom is 0.351 e. The predicted molar refractivity (Wildman–Crippen MR) is 78.5 cm³/mol. The number of esters is 1. The van der Waals surface area contributed by atoms with Crippen molar-refractivity contribution in [3.05, 3.63) is 41.2 Å². The average molecular weight is 290 g/mol. The fourth-order valence-electron chi connectivity index (χ4n) is 2.03. The Hall–Kier alpha value is -2.35. The largest absolute Gasteiger partial charge is 0.462 e. The molecule has 0 fully saturated rings. The van der Waals surface area contributed by atoms with Gasteiger partial charge >= 0.3 is 5.97 Å². The van der Waals surface area contributed by atoms with Gasteiger partial charge in [0.2, 0.25) is 0 Å². The maximum absolute atomic E-state index is 13.1. The van der Waals surface area contributed by atoms with Crippen LogP contribution < -0.4 is 0 Å². The molecular weight excluding hydrogens is 271 g/mol. The smallest absolute Gasteiger partial charge is 0.351 e. The first-order chi connectivity index (χ1) is 10.1. The predicted octanol–water partition coefficient (Wildman–Crippen LogP) is 2.97. The van der Waals surface area contributed by atoms with Crippen LogP contribution in [0.2, 0.25) is 0 Å². The summed E-state index contributed by atoms with van der Waals surface area (Å²) in [6.45, 7) is 6.96. The van der Waals surface area contributed by atoms with Crippen LogP contribution in [0.4, 0.5) is 4.39 Å². The van der Waals surface area contributed by atoms with Crippen molar-refractivity contribution < 1.29 is 13.9 Å². The SMILES string of the molecule is CCOC(=O)/C(C#N)=C(/c1ccc(F)cc1)N(CC)CC. The maximum atomic E-state index is 13.1. The molecule has 0 aliphatic carbocycles. The van der Waals surface area contributed by atoms with Crippen LogP contribution in [0.3, 0.4) is 0 Å². The summed E-state index contributed by atoms with van der Waals surface area (Å²) >= 11 is 0. The molecule has 0 N–H and O–H groups in total. The van der Waals surface area contributed by atoms with E-state index in [0.717, 1.165) is 0 Å². The summed E-state index contributed by atoms with van der Waals surface area (Å²) in [4.78, 5) is 13.9. The zero-order chi connectivity index (χ0) is 15.8. The van der Waals surface area contributed by atoms with Gasteiger partial charge in [0.15, 0.2) is 5.57 Å². The Bertz CT molecular complexity index is 555. The summed E-state index contributed by atoms with van der Waals surface area (Å²) in [6, 6.07) is 7.64. The number of ether oxygens (including phenoxy) is 1. The van der Waals surface area contributed by atoms with Crippen molar-refractivity contribution in [1.29, 1.82) is 5.26 Å². The molecule has 0 radical (unpaired) electrons. The molecule has 0 amide bonds. The summed E-state index contributed by atoms with van der Waals surface area (Å²) in [7, 11) is 0. The minimum absolute atomic E-state index is 0.0628. The quantitative estimate of drug-likeness (QED) is 0.459. The molecule has 1 rings (SSSR count). The normalized spacial score (nSPS) is 11.4. The number of carbonyl (C=O) groups is 1. The Labute approximate surface area is 124 Å². The van der Waals surface area contributed by atoms with E-state index in [-0.39, 0.29) is 18.0 Å². The average Bonchev–Trinajstić information content (AvgIpc) is 2.49. The highest BCUT2D eigenvalue weighted by atomic mass is 19.1. The summed E-state index contributed by atoms with van der Waals surface area (Å²) in [5.41, 5.74) is 1.03. The van der Waals surface area contributed by atoms with Gasteiger partial charge in [0, 0.05) is 13.1 Å². The second-order valence-corrected chi connectivity index (χ2v) is 4.24. The zero-order valence-electron chi connectivity index (χ0n) is 12.5. The highest BCUT2D eigenvalue weighted by Gasteiger charge is 2.21. The van der Waals surface area contributed by atoms with E-state index in [9.17, 15) is 14.4 Å². The number of halogens is 1. The number of rotatable bonds is 6. The van der Waals surface area contributed by atoms with Crippen molar-refractivity contribution in [1.82, 2.24) is 4.90 Å². The lowest BCUT2D eigenvalue weighted by molar-refractivity contribution is -0.138. The molecule has 1 aromatic rings. The van der Waals surface area contributed by atoms with Crippen LogP contribution in [0, 0.1) is 17.1 Å². The first-order valence-corrected chi connectivity index (χ1v) is 6.91. The molecule has 0 aromatic heterocycles. The van der Waals surface area contributed by atoms with Gasteiger partial charge in [-0.05, 0) is 50.6 Å². The first kappa shape index (κ1) is 16.7. The molecule has 0 heterocycles. The molecule has 0 aliphatic heterocycles. The molecule has 21 heavy (non-hydrogen) atoms. The second kappa shape index (κ2) is 8.05. The molecule has 112 valence electrons. The van der Waals surface area contributed by atoms with E-state index >= 15 is 0 Å². The Morgan fingerprint density at radius 3 is 2.24 bits per heavy atom. The van der Waals surface area contributed by atoms with Gasteiger partial charge in [-0.2, -0.15) is 5.26 Å². The monoisotopic (exact) mass is 290 g/mol. The van der Waals surface area contributed by atoms with Crippen LogP contribution in [-0.2, 0) is 9.53 Å². The van der Waals surface area contributed by atoms with Gasteiger partial charge in [0.05, 0.1) is 12.3 Å². The molecule has 1 aromatic carbocycles. The minimum atomic E-state index is -0.661. The van der Waals surface area contributed by atoms with Crippen LogP contribution in [-0.4, -0.2) is 30.6 Å². The van der Waals surface area contributed by atoms with Gasteiger partial charge in [0.25, 0.3) is 0 Å². The third-order valence-electron chi connectivity index (χ3n) is 3.03. The molecule has 0 aliphatic rings. The van der Waals surface area contributed by atoms with Gasteiger partial charge in [-0.1, -0.05) is 0 Å². The third kappa shape index (κ3) is 4.06. The van der Waals surface area contributed by atoms with Crippen molar-refractivity contribution in [3.8, 4) is 6.07 Å². The highest BCUT2D eigenvalue weighted by Crippen LogP contribution is 2.24. The summed E-state index contributed by atoms with van der Waals surface area (Å²) in [6.07, 6.45) is 0. The number of nitrogens with zero attached hydrogens (tertiary/aromatic N) is 2. The molecule has 4 nitrogen and oxygen atoms in total. The zero-order valence-corrected chi connectivity index (χ0v) is 12.5. The number of hydrogen-bond acceptors (Lipinski definition) is 4. The van der Waals surface area contributed by atoms with Gasteiger partial charge in [-0.15, -0.1) is 0 Å². The van der Waals surface area contributed by atoms with E-state index in [0.29, 0.717) is 24.4 Å². The van der Waals surface area contributed by atoms with Crippen molar-refractivity contribution in [2.45, 2.75) is 20.8 Å². The number of carbonyl (C=O) groups excluding carboxylic acids is 1. The number of nitriles is 1. The van der Waals surface area contributed by atoms with E-state index in [2.05, 4.69) is 0 Å². The second-order valence-electron chi connectivity index (χ2n) is 4.24. The molecule has 0 unspecified atom stereocenters. The standard InChI is InChI=1S/C16H19FN2O2/c1-4-19(5-2)15(12-7-9-13(17)10-8-12)14(11-18)16(20)21-6-3/h7-10H,4-6H2,1-3H3/b15-14-. The first-order valence-electron chi connectivity index (χ1n) is 6.91. The minimum Gasteiger partial charge on any atom is -0.462 e. The van der Waals surface area contributed by atoms with Gasteiger partial charge in [-0.25, -0.2) is 9.18 Å². The molecular formula is C16H19FN2O2. The van der Waals surface area contributed by atoms with Crippen LogP contribution in [0.15, 0.2) is 29.8 Å². The van der Waals surface area contributed by atoms with E-state index in [1.165, 1.54) is 12.1 Å². The molecule has 0 saturated heterocycles. The van der Waals surface area contributed by atoms with Gasteiger partial charge in [0.1, 0.15) is 11.9 Å². The van der Waals surface area contributed by atoms with Crippen LogP contribution in [0.5, 0.6) is 0 Å². The van der Waals surface area contributed by atoms with Crippen LogP contribution >= 0.6 is 0 Å². The highest BCUT2D eigenvalue weighted by molar-refractivity contribution is 6.01. The molecule has 0 bridgehead atoms. The van der Waals surface area contributed by atoms with Crippen molar-refractivity contribution in [3.63, 3.8) is 0 Å². The Morgan fingerprint density at radius 2 is 1.81 bits per heavy atom. The molecule has 0 spiro atoms. The van der Waals surface area contributed by atoms with Crippen molar-refractivity contribution >= 4 is 11.7 Å². The summed E-state index contributed by atoms with van der Waals surface area (Å²) in [5.74, 6) is -1.03. The molecule has 5 heteroatoms. The Kier molecular flexibility index (Phi) is 6.41. The third-order valence-corrected chi connectivity index (χ3v) is 3.03. The lowest BCUT2D eigenvalue weighted by atomic mass is 10.1. The van der Waals surface area contributed by atoms with Crippen LogP contribution in [0.25, 0.3) is 5.70 Å². The van der Waals surface area contributed by atoms with E-state index in [1.54, 1.807) is 19.1 Å². The lowest BCUT2D eigenvalue weighted by Gasteiger charge is -2.25. The molecule has 0 saturated carbocycles. The van der Waals surface area contributed by atoms with Gasteiger partial charge in [-0.3, -0.25) is 0 Å². The molecule has 0 atom stereocenters. The fraction of sp³-hybridized carbons (Fsp3) is 0.375. The van der Waals surface area contributed by atoms with Crippen molar-refractivity contribution in [2.75, 3.05) is 19.7 Å². The number of hydrogen-bond donors (Lipinski definition) is 0. The van der Waals surface area contributed by atoms with Crippen LogP contribution in [0.1, 0.15) is 26.3 Å². The summed E-state index contributed by atoms with van der Waals surface area (Å²) in [5, 5.41) is 9.34. The Balaban J connectivity index is 3.46. The van der Waals surface area contributed by atoms with E-state index < -0.39 is 5.97 Å². The summed E-state index contributed by atoms with van der Waals surface area (Å²) < 4.78 is 18.0. The van der Waals surface area contributed by atoms with E-state index in [1.807, 2.05) is 24.8 Å². The van der Waals surface area contributed by atoms with E-state index in [4.69, 9.17) is 4.74 Å². The lowest BCUT2D eigenvalue weighted by Crippen LogP contribution is -2.25. The topological polar surface area (TPSA) is 53.3 Å². The fourth-order valence-corrected chi connectivity index (χ4v) is 2.03. The van der Waals surface area contributed by atoms with Crippen molar-refractivity contribution in [2.24, 2.45) is 0 Å². The Morgan fingerprint density at radius 1 is 1.24 bits per heavy atom. The number of benzene rings is 1. The van der Waals surface area contributed by atoms with Gasteiger partial charge < -0.3 is 9.64 Å².